The maximum absolute atomic E-state index is 9.62. The smallest absolute Gasteiger partial charge is 0.102 e. The Bertz CT molecular complexity index is 998. The Labute approximate surface area is 185 Å². The Hall–Kier alpha value is -2.35. The van der Waals surface area contributed by atoms with Crippen LogP contribution in [0.5, 0.6) is 0 Å². The van der Waals surface area contributed by atoms with Crippen molar-refractivity contribution in [1.82, 2.24) is 5.32 Å². The number of rotatable bonds is 7. The van der Waals surface area contributed by atoms with E-state index in [0.717, 1.165) is 52.4 Å². The van der Waals surface area contributed by atoms with Crippen LogP contribution in [-0.4, -0.2) is 18.6 Å². The van der Waals surface area contributed by atoms with Gasteiger partial charge in [-0.1, -0.05) is 69.4 Å². The fourth-order valence-corrected chi connectivity index (χ4v) is 5.08. The van der Waals surface area contributed by atoms with Crippen LogP contribution in [0.3, 0.4) is 0 Å². The van der Waals surface area contributed by atoms with Crippen LogP contribution in [0.15, 0.2) is 48.0 Å². The first-order valence-electron chi connectivity index (χ1n) is 10.7. The van der Waals surface area contributed by atoms with Gasteiger partial charge in [-0.05, 0) is 60.0 Å². The zero-order valence-corrected chi connectivity index (χ0v) is 19.3. The Morgan fingerprint density at radius 3 is 2.80 bits per heavy atom. The van der Waals surface area contributed by atoms with Crippen LogP contribution in [0.1, 0.15) is 66.6 Å². The SMILES string of the molecule is C=C(S/C(=N\C)c1ccc(CC(C)C)c(C#N)c1)c1cccc2c1CCC2NCC. The molecule has 30 heavy (non-hydrogen) atoms. The van der Waals surface area contributed by atoms with Gasteiger partial charge >= 0.3 is 0 Å². The second-order valence-electron chi connectivity index (χ2n) is 8.16. The van der Waals surface area contributed by atoms with Crippen LogP contribution in [0, 0.1) is 17.2 Å². The number of fused-ring (bicyclic) bond motifs is 1. The number of hydrogen-bond donors (Lipinski definition) is 1. The molecule has 0 bridgehead atoms. The van der Waals surface area contributed by atoms with Crippen molar-refractivity contribution in [2.45, 2.75) is 46.1 Å². The lowest BCUT2D eigenvalue weighted by atomic mass is 9.97. The summed E-state index contributed by atoms with van der Waals surface area (Å²) >= 11 is 1.60. The monoisotopic (exact) mass is 417 g/mol. The molecule has 0 amide bonds. The highest BCUT2D eigenvalue weighted by atomic mass is 32.2. The van der Waals surface area contributed by atoms with Crippen LogP contribution in [0.25, 0.3) is 4.91 Å². The summed E-state index contributed by atoms with van der Waals surface area (Å²) in [5.41, 5.74) is 6.84. The van der Waals surface area contributed by atoms with Gasteiger partial charge in [0.05, 0.1) is 11.6 Å². The highest BCUT2D eigenvalue weighted by Gasteiger charge is 2.25. The number of nitrogens with one attached hydrogen (secondary N) is 1. The summed E-state index contributed by atoms with van der Waals surface area (Å²) in [7, 11) is 1.81. The van der Waals surface area contributed by atoms with Crippen molar-refractivity contribution in [3.8, 4) is 6.07 Å². The summed E-state index contributed by atoms with van der Waals surface area (Å²) in [6, 6.07) is 15.5. The van der Waals surface area contributed by atoms with Gasteiger partial charge in [0.2, 0.25) is 0 Å². The van der Waals surface area contributed by atoms with Crippen LogP contribution >= 0.6 is 11.8 Å². The van der Waals surface area contributed by atoms with E-state index in [1.807, 2.05) is 6.07 Å². The number of nitriles is 1. The molecule has 2 aromatic carbocycles. The first-order chi connectivity index (χ1) is 14.5. The van der Waals surface area contributed by atoms with Gasteiger partial charge in [-0.3, -0.25) is 4.99 Å². The molecule has 3 rings (SSSR count). The summed E-state index contributed by atoms with van der Waals surface area (Å²) in [6.45, 7) is 11.9. The van der Waals surface area contributed by atoms with E-state index in [-0.39, 0.29) is 0 Å². The predicted octanol–water partition coefficient (Wildman–Crippen LogP) is 6.13. The molecule has 156 valence electrons. The van der Waals surface area contributed by atoms with Crippen molar-refractivity contribution >= 4 is 21.7 Å². The van der Waals surface area contributed by atoms with E-state index in [9.17, 15) is 5.26 Å². The topological polar surface area (TPSA) is 48.2 Å². The van der Waals surface area contributed by atoms with E-state index in [0.29, 0.717) is 12.0 Å². The molecule has 4 heteroatoms. The fourth-order valence-electron chi connectivity index (χ4n) is 4.21. The first-order valence-corrected chi connectivity index (χ1v) is 11.5. The summed E-state index contributed by atoms with van der Waals surface area (Å²) in [4.78, 5) is 5.53. The normalized spacial score (nSPS) is 15.9. The molecule has 0 fully saturated rings. The van der Waals surface area contributed by atoms with Crippen molar-refractivity contribution in [2.75, 3.05) is 13.6 Å². The molecule has 0 saturated heterocycles. The quantitative estimate of drug-likeness (QED) is 0.435. The van der Waals surface area contributed by atoms with Gasteiger partial charge in [-0.15, -0.1) is 0 Å². The predicted molar refractivity (Wildman–Crippen MR) is 130 cm³/mol. The van der Waals surface area contributed by atoms with Crippen LogP contribution in [0.4, 0.5) is 0 Å². The average Bonchev–Trinajstić information content (AvgIpc) is 3.15. The van der Waals surface area contributed by atoms with Crippen molar-refractivity contribution in [3.05, 3.63) is 76.4 Å². The Kier molecular flexibility index (Phi) is 7.53. The maximum atomic E-state index is 9.62. The molecule has 0 radical (unpaired) electrons. The summed E-state index contributed by atoms with van der Waals surface area (Å²) < 4.78 is 0. The fraction of sp³-hybridized carbons (Fsp3) is 0.385. The van der Waals surface area contributed by atoms with Crippen molar-refractivity contribution in [2.24, 2.45) is 10.9 Å². The third-order valence-corrected chi connectivity index (χ3v) is 6.63. The number of aliphatic imine (C=N–C) groups is 1. The third kappa shape index (κ3) is 4.86. The molecule has 0 heterocycles. The minimum atomic E-state index is 0.439. The zero-order valence-electron chi connectivity index (χ0n) is 18.5. The molecule has 1 unspecified atom stereocenters. The third-order valence-electron chi connectivity index (χ3n) is 5.55. The summed E-state index contributed by atoms with van der Waals surface area (Å²) in [6.07, 6.45) is 3.12. The van der Waals surface area contributed by atoms with Crippen LogP contribution in [0.2, 0.25) is 0 Å². The Balaban J connectivity index is 1.84. The minimum absolute atomic E-state index is 0.439. The molecule has 1 N–H and O–H groups in total. The van der Waals surface area contributed by atoms with Gasteiger partial charge in [-0.25, -0.2) is 0 Å². The molecule has 1 atom stereocenters. The molecule has 2 aromatic rings. The first kappa shape index (κ1) is 22.3. The van der Waals surface area contributed by atoms with Crippen molar-refractivity contribution < 1.29 is 0 Å². The van der Waals surface area contributed by atoms with Gasteiger partial charge in [0, 0.05) is 23.6 Å². The molecular weight excluding hydrogens is 386 g/mol. The number of hydrogen-bond acceptors (Lipinski definition) is 4. The Morgan fingerprint density at radius 2 is 2.13 bits per heavy atom. The molecule has 0 spiro atoms. The van der Waals surface area contributed by atoms with E-state index < -0.39 is 0 Å². The van der Waals surface area contributed by atoms with E-state index in [1.54, 1.807) is 18.8 Å². The molecule has 1 aliphatic carbocycles. The van der Waals surface area contributed by atoms with Crippen molar-refractivity contribution in [3.63, 3.8) is 0 Å². The summed E-state index contributed by atoms with van der Waals surface area (Å²) in [5, 5.41) is 14.1. The van der Waals surface area contributed by atoms with Crippen molar-refractivity contribution in [1.29, 1.82) is 5.26 Å². The molecule has 0 aliphatic heterocycles. The second-order valence-corrected chi connectivity index (χ2v) is 9.24. The van der Waals surface area contributed by atoms with E-state index in [1.165, 1.54) is 16.7 Å². The van der Waals surface area contributed by atoms with Gasteiger partial charge in [0.15, 0.2) is 0 Å². The lowest BCUT2D eigenvalue weighted by Gasteiger charge is -2.15. The lowest BCUT2D eigenvalue weighted by molar-refractivity contribution is 0.549. The van der Waals surface area contributed by atoms with Gasteiger partial charge in [-0.2, -0.15) is 5.26 Å². The van der Waals surface area contributed by atoms with E-state index in [4.69, 9.17) is 0 Å². The van der Waals surface area contributed by atoms with E-state index >= 15 is 0 Å². The van der Waals surface area contributed by atoms with Crippen LogP contribution < -0.4 is 5.32 Å². The summed E-state index contributed by atoms with van der Waals surface area (Å²) in [5.74, 6) is 0.516. The molecule has 1 aliphatic rings. The largest absolute Gasteiger partial charge is 0.310 e. The number of nitrogens with zero attached hydrogens (tertiary/aromatic N) is 2. The van der Waals surface area contributed by atoms with Gasteiger partial charge < -0.3 is 5.32 Å². The lowest BCUT2D eigenvalue weighted by Crippen LogP contribution is -2.18. The van der Waals surface area contributed by atoms with Gasteiger partial charge in [0.1, 0.15) is 5.04 Å². The van der Waals surface area contributed by atoms with E-state index in [2.05, 4.69) is 74.1 Å². The zero-order chi connectivity index (χ0) is 21.7. The number of thioether (sulfide) groups is 1. The molecule has 3 nitrogen and oxygen atoms in total. The standard InChI is InChI=1S/C26H31N3S/c1-6-29-25-13-12-23-22(8-7-9-24(23)25)18(4)30-26(28-5)20-11-10-19(14-17(2)3)21(15-20)16-27/h7-11,15,17,25,29H,4,6,12-14H2,1-3,5H3/b28-26-. The minimum Gasteiger partial charge on any atom is -0.310 e. The highest BCUT2D eigenvalue weighted by Crippen LogP contribution is 2.39. The average molecular weight is 418 g/mol. The maximum Gasteiger partial charge on any atom is 0.102 e. The Morgan fingerprint density at radius 1 is 1.33 bits per heavy atom. The molecular formula is C26H31N3S. The number of benzene rings is 2. The van der Waals surface area contributed by atoms with Gasteiger partial charge in [0.25, 0.3) is 0 Å². The molecule has 0 saturated carbocycles. The second kappa shape index (κ2) is 10.1. The van der Waals surface area contributed by atoms with Crippen LogP contribution in [-0.2, 0) is 12.8 Å². The molecule has 0 aromatic heterocycles. The highest BCUT2D eigenvalue weighted by molar-refractivity contribution is 8.22.